The summed E-state index contributed by atoms with van der Waals surface area (Å²) in [5.74, 6) is 0. The maximum Gasteiger partial charge on any atom is 0.264 e. The number of sulfonamides is 2. The van der Waals surface area contributed by atoms with Crippen molar-refractivity contribution in [1.82, 2.24) is 0 Å². The molecule has 0 aromatic heterocycles. The van der Waals surface area contributed by atoms with Gasteiger partial charge in [0.05, 0.1) is 22.5 Å². The van der Waals surface area contributed by atoms with Crippen LogP contribution in [0.4, 0.5) is 11.4 Å². The first-order valence-electron chi connectivity index (χ1n) is 9.65. The van der Waals surface area contributed by atoms with Gasteiger partial charge in [-0.25, -0.2) is 16.8 Å². The topological polar surface area (TPSA) is 83.6 Å². The zero-order valence-corrected chi connectivity index (χ0v) is 19.8. The average Bonchev–Trinajstić information content (AvgIpc) is 2.70. The molecule has 3 aromatic carbocycles. The average molecular weight is 459 g/mol. The minimum absolute atomic E-state index is 0.0922. The monoisotopic (exact) mass is 458 g/mol. The first kappa shape index (κ1) is 22.8. The molecule has 0 aliphatic carbocycles. The Morgan fingerprint density at radius 3 is 2.00 bits per heavy atom. The summed E-state index contributed by atoms with van der Waals surface area (Å²) in [5.41, 5.74) is 4.09. The second kappa shape index (κ2) is 8.36. The molecule has 3 aromatic rings. The van der Waals surface area contributed by atoms with Gasteiger partial charge < -0.3 is 0 Å². The largest absolute Gasteiger partial charge is 0.283 e. The van der Waals surface area contributed by atoms with Crippen LogP contribution in [0.2, 0.25) is 0 Å². The third-order valence-electron chi connectivity index (χ3n) is 5.14. The summed E-state index contributed by atoms with van der Waals surface area (Å²) in [6.07, 6.45) is 1.04. The highest BCUT2D eigenvalue weighted by Crippen LogP contribution is 2.37. The van der Waals surface area contributed by atoms with Gasteiger partial charge in [0.25, 0.3) is 10.0 Å². The highest BCUT2D eigenvalue weighted by atomic mass is 32.2. The van der Waals surface area contributed by atoms with E-state index in [1.807, 2.05) is 42.5 Å². The smallest absolute Gasteiger partial charge is 0.264 e. The van der Waals surface area contributed by atoms with Crippen LogP contribution in [0.15, 0.2) is 65.6 Å². The molecule has 0 radical (unpaired) electrons. The van der Waals surface area contributed by atoms with Gasteiger partial charge in [0.2, 0.25) is 10.0 Å². The normalized spacial score (nSPS) is 11.9. The van der Waals surface area contributed by atoms with Crippen molar-refractivity contribution in [3.05, 3.63) is 77.4 Å². The van der Waals surface area contributed by atoms with E-state index in [9.17, 15) is 16.8 Å². The molecule has 0 spiro atoms. The van der Waals surface area contributed by atoms with Crippen molar-refractivity contribution >= 4 is 31.4 Å². The highest BCUT2D eigenvalue weighted by Gasteiger charge is 2.29. The number of benzene rings is 3. The first-order chi connectivity index (χ1) is 14.4. The Bertz CT molecular complexity index is 1330. The molecule has 0 saturated carbocycles. The summed E-state index contributed by atoms with van der Waals surface area (Å²) in [6, 6.07) is 18.5. The lowest BCUT2D eigenvalue weighted by atomic mass is 10.0. The second-order valence-corrected chi connectivity index (χ2v) is 11.2. The molecule has 0 aliphatic rings. The van der Waals surface area contributed by atoms with Crippen molar-refractivity contribution in [2.45, 2.75) is 25.7 Å². The lowest BCUT2D eigenvalue weighted by molar-refractivity contribution is 0.592. The molecular formula is C23H26N2O4S2. The molecule has 0 bridgehead atoms. The minimum atomic E-state index is -3.98. The van der Waals surface area contributed by atoms with Crippen LogP contribution in [0.25, 0.3) is 11.1 Å². The Labute approximate surface area is 184 Å². The van der Waals surface area contributed by atoms with Crippen molar-refractivity contribution in [2.75, 3.05) is 22.3 Å². The van der Waals surface area contributed by atoms with Gasteiger partial charge in [-0.1, -0.05) is 54.6 Å². The van der Waals surface area contributed by atoms with E-state index in [0.717, 1.165) is 17.4 Å². The van der Waals surface area contributed by atoms with Crippen LogP contribution in [-0.2, 0) is 20.0 Å². The van der Waals surface area contributed by atoms with Crippen molar-refractivity contribution in [3.8, 4) is 11.1 Å². The van der Waals surface area contributed by atoms with Gasteiger partial charge >= 0.3 is 0 Å². The Kier molecular flexibility index (Phi) is 6.16. The Hall–Kier alpha value is -2.84. The van der Waals surface area contributed by atoms with E-state index in [1.165, 1.54) is 11.4 Å². The molecule has 31 heavy (non-hydrogen) atoms. The van der Waals surface area contributed by atoms with Crippen LogP contribution in [-0.4, -0.2) is 30.1 Å². The molecule has 6 nitrogen and oxygen atoms in total. The van der Waals surface area contributed by atoms with Crippen LogP contribution in [0, 0.1) is 20.8 Å². The number of nitrogens with zero attached hydrogens (tertiary/aromatic N) is 1. The summed E-state index contributed by atoms with van der Waals surface area (Å²) < 4.78 is 54.9. The molecule has 0 amide bonds. The fourth-order valence-corrected chi connectivity index (χ4v) is 6.12. The molecule has 0 heterocycles. The van der Waals surface area contributed by atoms with Gasteiger partial charge in [-0.2, -0.15) is 0 Å². The van der Waals surface area contributed by atoms with E-state index >= 15 is 0 Å². The van der Waals surface area contributed by atoms with E-state index in [0.29, 0.717) is 22.4 Å². The molecule has 8 heteroatoms. The lowest BCUT2D eigenvalue weighted by Crippen LogP contribution is -2.29. The molecule has 0 saturated heterocycles. The number of hydrogen-bond acceptors (Lipinski definition) is 4. The maximum atomic E-state index is 13.7. The zero-order valence-electron chi connectivity index (χ0n) is 18.2. The van der Waals surface area contributed by atoms with Crippen LogP contribution < -0.4 is 9.03 Å². The van der Waals surface area contributed by atoms with E-state index in [1.54, 1.807) is 39.0 Å². The van der Waals surface area contributed by atoms with Crippen LogP contribution in [0.1, 0.15) is 16.7 Å². The van der Waals surface area contributed by atoms with E-state index in [2.05, 4.69) is 4.72 Å². The third kappa shape index (κ3) is 4.60. The molecule has 0 atom stereocenters. The fraction of sp³-hybridized carbons (Fsp3) is 0.217. The van der Waals surface area contributed by atoms with Gasteiger partial charge in [0.15, 0.2) is 0 Å². The first-order valence-corrected chi connectivity index (χ1v) is 13.0. The predicted molar refractivity (Wildman–Crippen MR) is 127 cm³/mol. The molecular weight excluding hydrogens is 432 g/mol. The highest BCUT2D eigenvalue weighted by molar-refractivity contribution is 7.93. The Morgan fingerprint density at radius 1 is 0.806 bits per heavy atom. The number of rotatable bonds is 6. The zero-order chi connectivity index (χ0) is 23.0. The van der Waals surface area contributed by atoms with E-state index in [4.69, 9.17) is 0 Å². The quantitative estimate of drug-likeness (QED) is 0.590. The van der Waals surface area contributed by atoms with Gasteiger partial charge in [0, 0.05) is 12.6 Å². The summed E-state index contributed by atoms with van der Waals surface area (Å²) in [5, 5.41) is 0. The molecule has 164 valence electrons. The fourth-order valence-electron chi connectivity index (χ4n) is 3.78. The molecule has 0 aliphatic heterocycles. The van der Waals surface area contributed by atoms with Gasteiger partial charge in [-0.3, -0.25) is 9.03 Å². The van der Waals surface area contributed by atoms with Crippen LogP contribution >= 0.6 is 0 Å². The van der Waals surface area contributed by atoms with Crippen molar-refractivity contribution < 1.29 is 16.8 Å². The third-order valence-corrected chi connectivity index (χ3v) is 7.77. The van der Waals surface area contributed by atoms with Crippen molar-refractivity contribution in [2.24, 2.45) is 0 Å². The molecule has 0 fully saturated rings. The number of anilines is 2. The van der Waals surface area contributed by atoms with Gasteiger partial charge in [-0.05, 0) is 49.1 Å². The number of hydrogen-bond donors (Lipinski definition) is 1. The van der Waals surface area contributed by atoms with E-state index in [-0.39, 0.29) is 10.6 Å². The van der Waals surface area contributed by atoms with Crippen molar-refractivity contribution in [1.29, 1.82) is 0 Å². The standard InChI is InChI=1S/C23H26N2O4S2/c1-16-15-17(2)23(18(3)22(16)24-30(5,26)27)31(28,29)25(4)21-14-10-9-13-20(21)19-11-7-6-8-12-19/h6-15,24H,1-5H3. The summed E-state index contributed by atoms with van der Waals surface area (Å²) in [4.78, 5) is 0.0922. The summed E-state index contributed by atoms with van der Waals surface area (Å²) >= 11 is 0. The maximum absolute atomic E-state index is 13.7. The second-order valence-electron chi connectivity index (χ2n) is 7.57. The Balaban J connectivity index is 2.19. The van der Waals surface area contributed by atoms with Gasteiger partial charge in [-0.15, -0.1) is 0 Å². The van der Waals surface area contributed by atoms with Crippen LogP contribution in [0.5, 0.6) is 0 Å². The molecule has 1 N–H and O–H groups in total. The molecule has 3 rings (SSSR count). The predicted octanol–water partition coefficient (Wildman–Crippen LogP) is 4.48. The SMILES string of the molecule is Cc1cc(C)c(S(=O)(=O)N(C)c2ccccc2-c2ccccc2)c(C)c1NS(C)(=O)=O. The van der Waals surface area contributed by atoms with Gasteiger partial charge in [0.1, 0.15) is 0 Å². The number of aryl methyl sites for hydroxylation is 2. The Morgan fingerprint density at radius 2 is 1.39 bits per heavy atom. The lowest BCUT2D eigenvalue weighted by Gasteiger charge is -2.26. The summed E-state index contributed by atoms with van der Waals surface area (Å²) in [7, 11) is -6.04. The van der Waals surface area contributed by atoms with Crippen LogP contribution in [0.3, 0.4) is 0 Å². The van der Waals surface area contributed by atoms with Crippen molar-refractivity contribution in [3.63, 3.8) is 0 Å². The molecule has 0 unspecified atom stereocenters. The minimum Gasteiger partial charge on any atom is -0.283 e. The van der Waals surface area contributed by atoms with E-state index < -0.39 is 20.0 Å². The number of para-hydroxylation sites is 1. The summed E-state index contributed by atoms with van der Waals surface area (Å²) in [6.45, 7) is 5.09. The number of nitrogens with one attached hydrogen (secondary N) is 1.